The summed E-state index contributed by atoms with van der Waals surface area (Å²) in [5, 5.41) is 9.65. The monoisotopic (exact) mass is 285 g/mol. The van der Waals surface area contributed by atoms with Gasteiger partial charge in [-0.25, -0.2) is 4.79 Å². The van der Waals surface area contributed by atoms with E-state index in [4.69, 9.17) is 4.52 Å². The molecular formula is C13H23N3O2S. The number of aryl methyl sites for hydroxylation is 2. The lowest BCUT2D eigenvalue weighted by atomic mass is 10.00. The van der Waals surface area contributed by atoms with E-state index >= 15 is 0 Å². The molecule has 0 aliphatic rings. The molecule has 1 rings (SSSR count). The molecule has 5 nitrogen and oxygen atoms in total. The second-order valence-corrected chi connectivity index (χ2v) is 5.61. The summed E-state index contributed by atoms with van der Waals surface area (Å²) in [6, 6.07) is -0.111. The Morgan fingerprint density at radius 1 is 1.42 bits per heavy atom. The first-order valence-electron chi connectivity index (χ1n) is 6.49. The van der Waals surface area contributed by atoms with E-state index in [0.717, 1.165) is 29.2 Å². The average Bonchev–Trinajstić information content (AvgIpc) is 2.71. The van der Waals surface area contributed by atoms with E-state index in [1.54, 1.807) is 11.8 Å². The molecule has 0 fully saturated rings. The molecule has 0 aromatic carbocycles. The number of carbonyl (C=O) groups excluding carboxylic acids is 1. The predicted octanol–water partition coefficient (Wildman–Crippen LogP) is 2.45. The summed E-state index contributed by atoms with van der Waals surface area (Å²) < 4.78 is 5.13. The van der Waals surface area contributed by atoms with Gasteiger partial charge in [0.15, 0.2) is 0 Å². The Morgan fingerprint density at radius 3 is 2.74 bits per heavy atom. The molecule has 19 heavy (non-hydrogen) atoms. The Hall–Kier alpha value is -1.17. The molecule has 0 saturated carbocycles. The van der Waals surface area contributed by atoms with Gasteiger partial charge in [0.25, 0.3) is 0 Å². The second kappa shape index (κ2) is 8.09. The quantitative estimate of drug-likeness (QED) is 0.755. The van der Waals surface area contributed by atoms with Gasteiger partial charge in [0.2, 0.25) is 0 Å². The first kappa shape index (κ1) is 15.9. The van der Waals surface area contributed by atoms with Crippen LogP contribution in [0.4, 0.5) is 4.79 Å². The molecule has 0 aliphatic heterocycles. The Balaban J connectivity index is 2.30. The maximum absolute atomic E-state index is 11.6. The maximum atomic E-state index is 11.6. The molecule has 0 radical (unpaired) electrons. The minimum Gasteiger partial charge on any atom is -0.361 e. The maximum Gasteiger partial charge on any atom is 0.314 e. The van der Waals surface area contributed by atoms with Crippen molar-refractivity contribution in [2.75, 3.05) is 25.1 Å². The predicted molar refractivity (Wildman–Crippen MR) is 78.8 cm³/mol. The molecule has 0 aliphatic carbocycles. The summed E-state index contributed by atoms with van der Waals surface area (Å²) in [4.78, 5) is 11.6. The zero-order chi connectivity index (χ0) is 14.3. The molecule has 0 unspecified atom stereocenters. The lowest BCUT2D eigenvalue weighted by Crippen LogP contribution is -2.38. The highest BCUT2D eigenvalue weighted by molar-refractivity contribution is 7.98. The fraction of sp³-hybridized carbons (Fsp3) is 0.692. The molecule has 0 bridgehead atoms. The van der Waals surface area contributed by atoms with Crippen molar-refractivity contribution >= 4 is 17.8 Å². The van der Waals surface area contributed by atoms with Crippen molar-refractivity contribution < 1.29 is 9.32 Å². The van der Waals surface area contributed by atoms with Gasteiger partial charge >= 0.3 is 6.03 Å². The van der Waals surface area contributed by atoms with Crippen molar-refractivity contribution in [2.45, 2.75) is 33.1 Å². The third-order valence-corrected chi connectivity index (χ3v) is 3.66. The molecule has 0 spiro atoms. The number of hydrogen-bond acceptors (Lipinski definition) is 4. The van der Waals surface area contributed by atoms with E-state index in [1.807, 2.05) is 13.8 Å². The summed E-state index contributed by atoms with van der Waals surface area (Å²) >= 11 is 1.78. The van der Waals surface area contributed by atoms with Crippen LogP contribution in [0.1, 0.15) is 36.3 Å². The molecule has 2 N–H and O–H groups in total. The van der Waals surface area contributed by atoms with Crippen LogP contribution in [0.25, 0.3) is 0 Å². The van der Waals surface area contributed by atoms with Crippen LogP contribution in [0.5, 0.6) is 0 Å². The largest absolute Gasteiger partial charge is 0.361 e. The van der Waals surface area contributed by atoms with Gasteiger partial charge in [-0.3, -0.25) is 0 Å². The Morgan fingerprint density at radius 2 is 2.16 bits per heavy atom. The van der Waals surface area contributed by atoms with Crippen molar-refractivity contribution in [3.63, 3.8) is 0 Å². The lowest BCUT2D eigenvalue weighted by Gasteiger charge is -2.13. The number of nitrogens with zero attached hydrogens (tertiary/aromatic N) is 1. The molecule has 108 valence electrons. The van der Waals surface area contributed by atoms with Crippen molar-refractivity contribution in [3.05, 3.63) is 17.0 Å². The Kier molecular flexibility index (Phi) is 6.77. The van der Waals surface area contributed by atoms with E-state index in [0.29, 0.717) is 13.1 Å². The summed E-state index contributed by atoms with van der Waals surface area (Å²) in [7, 11) is 0. The number of aromatic nitrogens is 1. The van der Waals surface area contributed by atoms with E-state index in [-0.39, 0.29) is 11.9 Å². The fourth-order valence-corrected chi connectivity index (χ4v) is 2.46. The van der Waals surface area contributed by atoms with Crippen LogP contribution in [0.2, 0.25) is 0 Å². The highest BCUT2D eigenvalue weighted by Crippen LogP contribution is 2.22. The van der Waals surface area contributed by atoms with Gasteiger partial charge < -0.3 is 15.2 Å². The molecule has 1 heterocycles. The SMILES string of the molecule is CSCCCNC(=O)NC[C@@H](C)c1c(C)noc1C. The van der Waals surface area contributed by atoms with Crippen LogP contribution in [-0.2, 0) is 0 Å². The zero-order valence-corrected chi connectivity index (χ0v) is 12.9. The van der Waals surface area contributed by atoms with Gasteiger partial charge in [-0.15, -0.1) is 0 Å². The smallest absolute Gasteiger partial charge is 0.314 e. The topological polar surface area (TPSA) is 67.2 Å². The van der Waals surface area contributed by atoms with E-state index in [1.165, 1.54) is 0 Å². The number of carbonyl (C=O) groups is 1. The normalized spacial score (nSPS) is 12.2. The lowest BCUT2D eigenvalue weighted by molar-refractivity contribution is 0.240. The molecule has 1 aromatic heterocycles. The molecule has 0 saturated heterocycles. The van der Waals surface area contributed by atoms with E-state index < -0.39 is 0 Å². The van der Waals surface area contributed by atoms with Crippen LogP contribution in [0, 0.1) is 13.8 Å². The summed E-state index contributed by atoms with van der Waals surface area (Å²) in [5.74, 6) is 2.09. The van der Waals surface area contributed by atoms with Crippen molar-refractivity contribution in [1.82, 2.24) is 15.8 Å². The number of urea groups is 1. The van der Waals surface area contributed by atoms with Crippen molar-refractivity contribution in [2.24, 2.45) is 0 Å². The fourth-order valence-electron chi connectivity index (χ4n) is 2.02. The van der Waals surface area contributed by atoms with Crippen LogP contribution >= 0.6 is 11.8 Å². The molecule has 1 aromatic rings. The highest BCUT2D eigenvalue weighted by atomic mass is 32.2. The minimum atomic E-state index is -0.111. The first-order valence-corrected chi connectivity index (χ1v) is 7.89. The van der Waals surface area contributed by atoms with Gasteiger partial charge in [-0.1, -0.05) is 12.1 Å². The van der Waals surface area contributed by atoms with Crippen LogP contribution in [0.3, 0.4) is 0 Å². The third kappa shape index (κ3) is 5.14. The second-order valence-electron chi connectivity index (χ2n) is 4.62. The van der Waals surface area contributed by atoms with E-state index in [2.05, 4.69) is 29.0 Å². The summed E-state index contributed by atoms with van der Waals surface area (Å²) in [6.45, 7) is 7.17. The van der Waals surface area contributed by atoms with Gasteiger partial charge in [0, 0.05) is 24.6 Å². The molecule has 2 amide bonds. The molecular weight excluding hydrogens is 262 g/mol. The molecule has 1 atom stereocenters. The van der Waals surface area contributed by atoms with Gasteiger partial charge in [-0.05, 0) is 32.3 Å². The number of thioether (sulfide) groups is 1. The summed E-state index contributed by atoms with van der Waals surface area (Å²) in [6.07, 6.45) is 3.05. The zero-order valence-electron chi connectivity index (χ0n) is 12.1. The molecule has 6 heteroatoms. The first-order chi connectivity index (χ1) is 9.06. The van der Waals surface area contributed by atoms with Crippen LogP contribution in [-0.4, -0.2) is 36.3 Å². The van der Waals surface area contributed by atoms with Crippen LogP contribution < -0.4 is 10.6 Å². The van der Waals surface area contributed by atoms with Crippen LogP contribution in [0.15, 0.2) is 4.52 Å². The number of hydrogen-bond donors (Lipinski definition) is 2. The van der Waals surface area contributed by atoms with Gasteiger partial charge in [0.05, 0.1) is 5.69 Å². The Labute approximate surface area is 118 Å². The van der Waals surface area contributed by atoms with E-state index in [9.17, 15) is 4.79 Å². The number of nitrogens with one attached hydrogen (secondary N) is 2. The van der Waals surface area contributed by atoms with Crippen molar-refractivity contribution in [3.8, 4) is 0 Å². The van der Waals surface area contributed by atoms with Gasteiger partial charge in [0.1, 0.15) is 5.76 Å². The minimum absolute atomic E-state index is 0.111. The Bertz CT molecular complexity index is 387. The summed E-state index contributed by atoms with van der Waals surface area (Å²) in [5.41, 5.74) is 1.98. The third-order valence-electron chi connectivity index (χ3n) is 2.96. The number of amides is 2. The highest BCUT2D eigenvalue weighted by Gasteiger charge is 2.16. The van der Waals surface area contributed by atoms with Gasteiger partial charge in [-0.2, -0.15) is 11.8 Å². The number of rotatable bonds is 7. The average molecular weight is 285 g/mol. The van der Waals surface area contributed by atoms with Crippen molar-refractivity contribution in [1.29, 1.82) is 0 Å². The standard InChI is InChI=1S/C13H23N3O2S/c1-9(12-10(2)16-18-11(12)3)8-15-13(17)14-6-5-7-19-4/h9H,5-8H2,1-4H3,(H2,14,15,17)/t9-/m1/s1.